The number of nitrogens with two attached hydrogens (primary N) is 1. The van der Waals surface area contributed by atoms with Gasteiger partial charge in [0.1, 0.15) is 0 Å². The van der Waals surface area contributed by atoms with Crippen LogP contribution in [-0.4, -0.2) is 51.9 Å². The van der Waals surface area contributed by atoms with E-state index < -0.39 is 10.0 Å². The van der Waals surface area contributed by atoms with Gasteiger partial charge in [0.2, 0.25) is 10.0 Å². The van der Waals surface area contributed by atoms with Crippen LogP contribution in [0.1, 0.15) is 32.1 Å². The first-order valence-corrected chi connectivity index (χ1v) is 8.10. The number of hydrogen-bond donors (Lipinski definition) is 1. The molecule has 1 fully saturated rings. The summed E-state index contributed by atoms with van der Waals surface area (Å²) in [6.45, 7) is 4.94. The van der Waals surface area contributed by atoms with Crippen molar-refractivity contribution in [3.63, 3.8) is 0 Å². The number of hydrogen-bond acceptors (Lipinski definition) is 4. The largest absolute Gasteiger partial charge is 0.379 e. The van der Waals surface area contributed by atoms with Gasteiger partial charge in [0.05, 0.1) is 19.0 Å². The van der Waals surface area contributed by atoms with Gasteiger partial charge in [0, 0.05) is 13.1 Å². The minimum Gasteiger partial charge on any atom is -0.379 e. The highest BCUT2D eigenvalue weighted by atomic mass is 32.2. The van der Waals surface area contributed by atoms with E-state index in [1.165, 1.54) is 12.8 Å². The molecule has 0 spiro atoms. The van der Waals surface area contributed by atoms with Crippen LogP contribution in [0.2, 0.25) is 0 Å². The lowest BCUT2D eigenvalue weighted by molar-refractivity contribution is 0.0371. The fourth-order valence-electron chi connectivity index (χ4n) is 1.99. The lowest BCUT2D eigenvalue weighted by atomic mass is 10.1. The predicted molar refractivity (Wildman–Crippen MR) is 68.3 cm³/mol. The van der Waals surface area contributed by atoms with Gasteiger partial charge in [-0.05, 0) is 19.4 Å². The van der Waals surface area contributed by atoms with Crippen molar-refractivity contribution in [3.8, 4) is 0 Å². The van der Waals surface area contributed by atoms with Gasteiger partial charge in [0.15, 0.2) is 0 Å². The van der Waals surface area contributed by atoms with Crippen molar-refractivity contribution in [2.24, 2.45) is 5.14 Å². The van der Waals surface area contributed by atoms with E-state index in [0.29, 0.717) is 6.42 Å². The molecule has 0 radical (unpaired) electrons. The molecular formula is C11H24N2O3S. The molecule has 1 saturated heterocycles. The smallest absolute Gasteiger partial charge is 0.209 e. The Balaban J connectivity index is 1.87. The molecule has 1 aliphatic rings. The molecule has 102 valence electrons. The molecule has 0 saturated carbocycles. The normalized spacial score (nSPS) is 18.4. The quantitative estimate of drug-likeness (QED) is 0.650. The number of nitrogens with zero attached hydrogens (tertiary/aromatic N) is 1. The van der Waals surface area contributed by atoms with E-state index in [2.05, 4.69) is 4.90 Å². The second kappa shape index (κ2) is 8.02. The van der Waals surface area contributed by atoms with Crippen LogP contribution >= 0.6 is 0 Å². The summed E-state index contributed by atoms with van der Waals surface area (Å²) in [6.07, 6.45) is 5.10. The average Bonchev–Trinajstić information content (AvgIpc) is 2.28. The van der Waals surface area contributed by atoms with E-state index in [-0.39, 0.29) is 5.75 Å². The monoisotopic (exact) mass is 264 g/mol. The summed E-state index contributed by atoms with van der Waals surface area (Å²) in [4.78, 5) is 2.42. The van der Waals surface area contributed by atoms with Gasteiger partial charge >= 0.3 is 0 Å². The molecule has 0 aromatic heterocycles. The van der Waals surface area contributed by atoms with Crippen LogP contribution in [0.5, 0.6) is 0 Å². The van der Waals surface area contributed by atoms with E-state index in [1.807, 2.05) is 0 Å². The number of sulfonamides is 1. The van der Waals surface area contributed by atoms with Crippen molar-refractivity contribution >= 4 is 10.0 Å². The number of morpholine rings is 1. The molecule has 0 bridgehead atoms. The summed E-state index contributed by atoms with van der Waals surface area (Å²) in [7, 11) is -3.26. The van der Waals surface area contributed by atoms with Gasteiger partial charge in [-0.15, -0.1) is 0 Å². The topological polar surface area (TPSA) is 72.6 Å². The summed E-state index contributed by atoms with van der Waals surface area (Å²) in [5, 5.41) is 4.93. The Morgan fingerprint density at radius 1 is 1.00 bits per heavy atom. The number of ether oxygens (including phenoxy) is 1. The first-order valence-electron chi connectivity index (χ1n) is 6.38. The van der Waals surface area contributed by atoms with E-state index >= 15 is 0 Å². The molecule has 17 heavy (non-hydrogen) atoms. The van der Waals surface area contributed by atoms with Gasteiger partial charge < -0.3 is 4.74 Å². The highest BCUT2D eigenvalue weighted by Crippen LogP contribution is 2.06. The second-order valence-electron chi connectivity index (χ2n) is 4.59. The summed E-state index contributed by atoms with van der Waals surface area (Å²) >= 11 is 0. The first kappa shape index (κ1) is 14.9. The fraction of sp³-hybridized carbons (Fsp3) is 1.00. The van der Waals surface area contributed by atoms with Crippen LogP contribution in [-0.2, 0) is 14.8 Å². The molecular weight excluding hydrogens is 240 g/mol. The summed E-state index contributed by atoms with van der Waals surface area (Å²) < 4.78 is 26.7. The minimum atomic E-state index is -3.26. The van der Waals surface area contributed by atoms with Gasteiger partial charge in [0.25, 0.3) is 0 Å². The van der Waals surface area contributed by atoms with E-state index in [0.717, 1.165) is 45.7 Å². The maximum Gasteiger partial charge on any atom is 0.209 e. The Labute approximate surface area is 104 Å². The van der Waals surface area contributed by atoms with Gasteiger partial charge in [-0.1, -0.05) is 19.3 Å². The molecule has 0 amide bonds. The van der Waals surface area contributed by atoms with Gasteiger partial charge in [-0.3, -0.25) is 4.90 Å². The van der Waals surface area contributed by atoms with Crippen LogP contribution in [0.15, 0.2) is 0 Å². The number of unbranched alkanes of at least 4 members (excludes halogenated alkanes) is 4. The van der Waals surface area contributed by atoms with Crippen LogP contribution in [0.25, 0.3) is 0 Å². The Hall–Kier alpha value is -0.170. The van der Waals surface area contributed by atoms with Crippen LogP contribution in [0.3, 0.4) is 0 Å². The molecule has 0 aromatic carbocycles. The zero-order chi connectivity index (χ0) is 12.6. The third-order valence-corrected chi connectivity index (χ3v) is 3.86. The molecule has 0 aliphatic carbocycles. The van der Waals surface area contributed by atoms with Crippen LogP contribution < -0.4 is 5.14 Å². The maximum atomic E-state index is 10.7. The van der Waals surface area contributed by atoms with Gasteiger partial charge in [-0.25, -0.2) is 13.6 Å². The van der Waals surface area contributed by atoms with Crippen molar-refractivity contribution in [3.05, 3.63) is 0 Å². The third-order valence-electron chi connectivity index (χ3n) is 3.01. The standard InChI is InChI=1S/C11H24N2O3S/c12-17(14,15)11-5-3-1-2-4-6-13-7-9-16-10-8-13/h1-11H2,(H2,12,14,15). The number of primary sulfonamides is 1. The van der Waals surface area contributed by atoms with E-state index in [9.17, 15) is 8.42 Å². The SMILES string of the molecule is NS(=O)(=O)CCCCCCCN1CCOCC1. The summed E-state index contributed by atoms with van der Waals surface area (Å²) in [6, 6.07) is 0. The Morgan fingerprint density at radius 3 is 2.24 bits per heavy atom. The fourth-order valence-corrected chi connectivity index (χ4v) is 2.60. The molecule has 6 heteroatoms. The second-order valence-corrected chi connectivity index (χ2v) is 6.32. The molecule has 1 aliphatic heterocycles. The maximum absolute atomic E-state index is 10.7. The highest BCUT2D eigenvalue weighted by Gasteiger charge is 2.08. The van der Waals surface area contributed by atoms with Crippen molar-refractivity contribution < 1.29 is 13.2 Å². The van der Waals surface area contributed by atoms with Crippen LogP contribution in [0.4, 0.5) is 0 Å². The molecule has 5 nitrogen and oxygen atoms in total. The molecule has 0 atom stereocenters. The molecule has 0 aromatic rings. The lowest BCUT2D eigenvalue weighted by Crippen LogP contribution is -2.36. The molecule has 1 heterocycles. The average molecular weight is 264 g/mol. The molecule has 1 rings (SSSR count). The molecule has 2 N–H and O–H groups in total. The van der Waals surface area contributed by atoms with E-state index in [1.54, 1.807) is 0 Å². The first-order chi connectivity index (χ1) is 8.08. The minimum absolute atomic E-state index is 0.121. The van der Waals surface area contributed by atoms with Crippen molar-refractivity contribution in [1.82, 2.24) is 4.90 Å². The highest BCUT2D eigenvalue weighted by molar-refractivity contribution is 7.89. The summed E-state index contributed by atoms with van der Waals surface area (Å²) in [5.41, 5.74) is 0. The van der Waals surface area contributed by atoms with Crippen molar-refractivity contribution in [2.45, 2.75) is 32.1 Å². The number of rotatable bonds is 8. The zero-order valence-corrected chi connectivity index (χ0v) is 11.3. The summed E-state index contributed by atoms with van der Waals surface area (Å²) in [5.74, 6) is 0.121. The van der Waals surface area contributed by atoms with E-state index in [4.69, 9.17) is 9.88 Å². The zero-order valence-electron chi connectivity index (χ0n) is 10.4. The Morgan fingerprint density at radius 2 is 1.59 bits per heavy atom. The molecule has 0 unspecified atom stereocenters. The van der Waals surface area contributed by atoms with Crippen LogP contribution in [0, 0.1) is 0 Å². The van der Waals surface area contributed by atoms with Crippen molar-refractivity contribution in [2.75, 3.05) is 38.6 Å². The lowest BCUT2D eigenvalue weighted by Gasteiger charge is -2.26. The Kier molecular flexibility index (Phi) is 7.03. The Bertz CT molecular complexity index is 287. The van der Waals surface area contributed by atoms with Gasteiger partial charge in [-0.2, -0.15) is 0 Å². The van der Waals surface area contributed by atoms with Crippen molar-refractivity contribution in [1.29, 1.82) is 0 Å². The third kappa shape index (κ3) is 8.54. The predicted octanol–water partition coefficient (Wildman–Crippen LogP) is 0.558.